The Morgan fingerprint density at radius 2 is 2.15 bits per heavy atom. The van der Waals surface area contributed by atoms with E-state index >= 15 is 0 Å². The van der Waals surface area contributed by atoms with E-state index in [1.807, 2.05) is 0 Å². The van der Waals surface area contributed by atoms with Crippen molar-refractivity contribution in [3.63, 3.8) is 0 Å². The molecule has 1 atom stereocenters. The summed E-state index contributed by atoms with van der Waals surface area (Å²) in [7, 11) is 0. The van der Waals surface area contributed by atoms with Gasteiger partial charge in [0.25, 0.3) is 11.8 Å². The lowest BCUT2D eigenvalue weighted by Crippen LogP contribution is -2.50. The fourth-order valence-corrected chi connectivity index (χ4v) is 3.20. The number of carbonyl (C=O) groups excluding carboxylic acids is 2. The van der Waals surface area contributed by atoms with Gasteiger partial charge in [-0.1, -0.05) is 11.2 Å². The van der Waals surface area contributed by atoms with Crippen LogP contribution in [0.25, 0.3) is 0 Å². The number of fused-ring (bicyclic) bond motifs is 1. The molecule has 9 heteroatoms. The van der Waals surface area contributed by atoms with Crippen LogP contribution < -0.4 is 15.4 Å². The smallest absolute Gasteiger partial charge is 0.265 e. The zero-order valence-electron chi connectivity index (χ0n) is 14.2. The van der Waals surface area contributed by atoms with Crippen molar-refractivity contribution in [3.05, 3.63) is 36.0 Å². The maximum atomic E-state index is 13.0. The van der Waals surface area contributed by atoms with Crippen LogP contribution in [0.2, 0.25) is 0 Å². The highest BCUT2D eigenvalue weighted by atomic mass is 16.5. The first-order valence-electron chi connectivity index (χ1n) is 8.37. The fraction of sp³-hybridized carbons (Fsp3) is 0.412. The van der Waals surface area contributed by atoms with Crippen LogP contribution in [0.1, 0.15) is 35.9 Å². The van der Waals surface area contributed by atoms with Gasteiger partial charge in [0.1, 0.15) is 5.54 Å². The van der Waals surface area contributed by atoms with Crippen LogP contribution in [0.15, 0.2) is 29.1 Å². The molecule has 1 unspecified atom stereocenters. The first-order valence-corrected chi connectivity index (χ1v) is 8.37. The van der Waals surface area contributed by atoms with Gasteiger partial charge in [0.2, 0.25) is 6.39 Å². The van der Waals surface area contributed by atoms with Gasteiger partial charge in [-0.3, -0.25) is 9.59 Å². The molecule has 0 aliphatic carbocycles. The third kappa shape index (κ3) is 2.80. The second kappa shape index (κ2) is 6.41. The van der Waals surface area contributed by atoms with Crippen molar-refractivity contribution in [3.8, 4) is 5.75 Å². The number of benzene rings is 1. The third-order valence-electron chi connectivity index (χ3n) is 4.67. The summed E-state index contributed by atoms with van der Waals surface area (Å²) in [5.41, 5.74) is 0.0410. The summed E-state index contributed by atoms with van der Waals surface area (Å²) in [5.74, 6) is 0.189. The number of rotatable bonds is 3. The van der Waals surface area contributed by atoms with Crippen LogP contribution in [0.4, 0.5) is 5.69 Å². The molecule has 1 fully saturated rings. The fourth-order valence-electron chi connectivity index (χ4n) is 3.20. The van der Waals surface area contributed by atoms with E-state index in [1.165, 1.54) is 6.39 Å². The largest absolute Gasteiger partial charge is 0.478 e. The molecule has 4 rings (SSSR count). The van der Waals surface area contributed by atoms with Gasteiger partial charge in [0.05, 0.1) is 11.3 Å². The number of aromatic nitrogens is 2. The van der Waals surface area contributed by atoms with E-state index < -0.39 is 11.6 Å². The van der Waals surface area contributed by atoms with E-state index in [4.69, 9.17) is 14.0 Å². The standard InChI is InChI=1S/C17H18N4O5/c1-10-14(22)19-12-4-2-3-11(13(12)26-10)15(23)20-17(5-7-24-8-6-17)16-18-9-25-21-16/h2-4,9-10H,5-8H2,1H3,(H,19,22)(H,20,23). The molecular formula is C17H18N4O5. The Balaban J connectivity index is 1.66. The van der Waals surface area contributed by atoms with Gasteiger partial charge in [0, 0.05) is 26.1 Å². The summed E-state index contributed by atoms with van der Waals surface area (Å²) >= 11 is 0. The molecule has 9 nitrogen and oxygen atoms in total. The molecule has 2 aliphatic rings. The number of hydrogen-bond donors (Lipinski definition) is 2. The van der Waals surface area contributed by atoms with Crippen molar-refractivity contribution in [1.29, 1.82) is 0 Å². The number of amides is 2. The maximum Gasteiger partial charge on any atom is 0.265 e. The van der Waals surface area contributed by atoms with E-state index in [0.717, 1.165) is 0 Å². The summed E-state index contributed by atoms with van der Waals surface area (Å²) < 4.78 is 15.9. The Bertz CT molecular complexity index is 830. The average molecular weight is 358 g/mol. The number of hydrogen-bond acceptors (Lipinski definition) is 7. The maximum absolute atomic E-state index is 13.0. The predicted molar refractivity (Wildman–Crippen MR) is 88.7 cm³/mol. The Hall–Kier alpha value is -2.94. The summed E-state index contributed by atoms with van der Waals surface area (Å²) in [5, 5.41) is 9.70. The van der Waals surface area contributed by atoms with Gasteiger partial charge in [-0.25, -0.2) is 0 Å². The molecule has 0 bridgehead atoms. The quantitative estimate of drug-likeness (QED) is 0.847. The minimum atomic E-state index is -0.769. The van der Waals surface area contributed by atoms with Gasteiger partial charge in [-0.05, 0) is 19.1 Å². The number of nitrogens with one attached hydrogen (secondary N) is 2. The Labute approximate surface area is 149 Å². The molecule has 0 saturated carbocycles. The number of anilines is 1. The number of para-hydroxylation sites is 1. The van der Waals surface area contributed by atoms with Crippen LogP contribution in [-0.2, 0) is 15.1 Å². The number of ether oxygens (including phenoxy) is 2. The third-order valence-corrected chi connectivity index (χ3v) is 4.67. The van der Waals surface area contributed by atoms with Crippen LogP contribution >= 0.6 is 0 Å². The topological polar surface area (TPSA) is 116 Å². The van der Waals surface area contributed by atoms with Crippen molar-refractivity contribution < 1.29 is 23.6 Å². The molecule has 1 aromatic heterocycles. The molecule has 136 valence electrons. The van der Waals surface area contributed by atoms with E-state index in [9.17, 15) is 9.59 Å². The highest BCUT2D eigenvalue weighted by Crippen LogP contribution is 2.35. The van der Waals surface area contributed by atoms with Crippen molar-refractivity contribution in [1.82, 2.24) is 15.5 Å². The molecule has 3 heterocycles. The van der Waals surface area contributed by atoms with E-state index in [-0.39, 0.29) is 11.8 Å². The molecule has 26 heavy (non-hydrogen) atoms. The zero-order chi connectivity index (χ0) is 18.1. The predicted octanol–water partition coefficient (Wildman–Crippen LogP) is 1.22. The first kappa shape index (κ1) is 16.5. The van der Waals surface area contributed by atoms with Crippen LogP contribution in [0, 0.1) is 0 Å². The second-order valence-electron chi connectivity index (χ2n) is 6.34. The summed E-state index contributed by atoms with van der Waals surface area (Å²) in [6.07, 6.45) is 1.62. The van der Waals surface area contributed by atoms with Gasteiger partial charge >= 0.3 is 0 Å². The zero-order valence-corrected chi connectivity index (χ0v) is 14.2. The van der Waals surface area contributed by atoms with Gasteiger partial charge < -0.3 is 24.6 Å². The molecule has 1 aromatic carbocycles. The molecule has 2 amide bonds. The van der Waals surface area contributed by atoms with Gasteiger partial charge in [-0.2, -0.15) is 4.98 Å². The molecule has 2 aromatic rings. The van der Waals surface area contributed by atoms with Crippen molar-refractivity contribution in [2.24, 2.45) is 0 Å². The lowest BCUT2D eigenvalue weighted by atomic mass is 9.88. The number of nitrogens with zero attached hydrogens (tertiary/aromatic N) is 2. The highest BCUT2D eigenvalue weighted by Gasteiger charge is 2.41. The number of carbonyl (C=O) groups is 2. The van der Waals surface area contributed by atoms with Gasteiger partial charge in [-0.15, -0.1) is 0 Å². The first-order chi connectivity index (χ1) is 12.6. The SMILES string of the molecule is CC1Oc2c(cccc2C(=O)NC2(c3ncon3)CCOCC2)NC1=O. The monoisotopic (exact) mass is 358 g/mol. The van der Waals surface area contributed by atoms with E-state index in [2.05, 4.69) is 20.8 Å². The summed E-state index contributed by atoms with van der Waals surface area (Å²) in [4.78, 5) is 29.0. The molecular weight excluding hydrogens is 340 g/mol. The van der Waals surface area contributed by atoms with Crippen LogP contribution in [0.5, 0.6) is 5.75 Å². The summed E-state index contributed by atoms with van der Waals surface area (Å²) in [6.45, 7) is 2.59. The van der Waals surface area contributed by atoms with Gasteiger partial charge in [0.15, 0.2) is 17.7 Å². The molecule has 1 saturated heterocycles. The normalized spacial score (nSPS) is 21.3. The lowest BCUT2D eigenvalue weighted by Gasteiger charge is -2.35. The molecule has 0 radical (unpaired) electrons. The van der Waals surface area contributed by atoms with Crippen LogP contribution in [0.3, 0.4) is 0 Å². The van der Waals surface area contributed by atoms with E-state index in [1.54, 1.807) is 25.1 Å². The second-order valence-corrected chi connectivity index (χ2v) is 6.34. The van der Waals surface area contributed by atoms with E-state index in [0.29, 0.717) is 48.9 Å². The van der Waals surface area contributed by atoms with Crippen LogP contribution in [-0.4, -0.2) is 41.3 Å². The average Bonchev–Trinajstić information content (AvgIpc) is 3.18. The Morgan fingerprint density at radius 1 is 1.35 bits per heavy atom. The Morgan fingerprint density at radius 3 is 2.88 bits per heavy atom. The highest BCUT2D eigenvalue weighted by molar-refractivity contribution is 6.04. The molecule has 0 spiro atoms. The van der Waals surface area contributed by atoms with Crippen molar-refractivity contribution in [2.45, 2.75) is 31.4 Å². The van der Waals surface area contributed by atoms with Crippen molar-refractivity contribution in [2.75, 3.05) is 18.5 Å². The lowest BCUT2D eigenvalue weighted by molar-refractivity contribution is -0.122. The molecule has 2 N–H and O–H groups in total. The Kier molecular flexibility index (Phi) is 4.08. The minimum Gasteiger partial charge on any atom is -0.478 e. The summed E-state index contributed by atoms with van der Waals surface area (Å²) in [6, 6.07) is 5.04. The van der Waals surface area contributed by atoms with Crippen molar-refractivity contribution >= 4 is 17.5 Å². The minimum absolute atomic E-state index is 0.247. The molecule has 2 aliphatic heterocycles.